The number of hydrogen-bond acceptors (Lipinski definition) is 6. The number of carbonyl (C=O) groups excluding carboxylic acids is 2. The van der Waals surface area contributed by atoms with Gasteiger partial charge < -0.3 is 19.9 Å². The first kappa shape index (κ1) is 21.1. The summed E-state index contributed by atoms with van der Waals surface area (Å²) in [5, 5.41) is 3.01. The Labute approximate surface area is 178 Å². The molecule has 0 spiro atoms. The van der Waals surface area contributed by atoms with Crippen molar-refractivity contribution in [2.75, 3.05) is 88.9 Å². The average molecular weight is 416 g/mol. The zero-order valence-electron chi connectivity index (χ0n) is 17.7. The van der Waals surface area contributed by atoms with Crippen LogP contribution in [0.25, 0.3) is 0 Å². The Bertz CT molecular complexity index is 706. The van der Waals surface area contributed by atoms with Crippen LogP contribution in [0.15, 0.2) is 24.3 Å². The van der Waals surface area contributed by atoms with E-state index in [9.17, 15) is 9.59 Å². The molecular formula is C22H33N5O3. The second-order valence-corrected chi connectivity index (χ2v) is 8.33. The van der Waals surface area contributed by atoms with Gasteiger partial charge >= 0.3 is 0 Å². The number of nitrogens with one attached hydrogen (secondary N) is 1. The summed E-state index contributed by atoms with van der Waals surface area (Å²) in [4.78, 5) is 33.4. The molecule has 3 aliphatic heterocycles. The van der Waals surface area contributed by atoms with Crippen molar-refractivity contribution in [3.05, 3.63) is 24.3 Å². The Morgan fingerprint density at radius 2 is 1.40 bits per heavy atom. The smallest absolute Gasteiger partial charge is 0.238 e. The number of nitrogens with zero attached hydrogens (tertiary/aromatic N) is 4. The summed E-state index contributed by atoms with van der Waals surface area (Å²) in [6, 6.07) is 8.15. The van der Waals surface area contributed by atoms with Gasteiger partial charge in [0.05, 0.1) is 26.3 Å². The zero-order chi connectivity index (χ0) is 20.8. The molecule has 1 aromatic carbocycles. The lowest BCUT2D eigenvalue weighted by Crippen LogP contribution is -2.52. The van der Waals surface area contributed by atoms with Crippen LogP contribution in [-0.2, 0) is 14.3 Å². The standard InChI is InChI=1S/C22H33N5O3/c28-21(23-19-3-5-20(6-4-19)26-7-1-2-8-26)17-24-9-11-25(12-10-24)18-22(29)27-13-15-30-16-14-27/h3-6H,1-2,7-18H2,(H,23,28). The van der Waals surface area contributed by atoms with Gasteiger partial charge in [0.2, 0.25) is 11.8 Å². The maximum absolute atomic E-state index is 12.4. The monoisotopic (exact) mass is 415 g/mol. The summed E-state index contributed by atoms with van der Waals surface area (Å²) in [6.07, 6.45) is 2.51. The highest BCUT2D eigenvalue weighted by molar-refractivity contribution is 5.92. The summed E-state index contributed by atoms with van der Waals surface area (Å²) >= 11 is 0. The van der Waals surface area contributed by atoms with E-state index >= 15 is 0 Å². The second kappa shape index (κ2) is 10.2. The molecule has 3 aliphatic rings. The molecule has 3 saturated heterocycles. The third-order valence-electron chi connectivity index (χ3n) is 6.18. The van der Waals surface area contributed by atoms with Crippen LogP contribution in [-0.4, -0.2) is 105 Å². The molecule has 3 fully saturated rings. The van der Waals surface area contributed by atoms with E-state index in [1.54, 1.807) is 0 Å². The number of rotatable bonds is 6. The molecule has 1 aromatic rings. The lowest BCUT2D eigenvalue weighted by molar-refractivity contribution is -0.137. The minimum absolute atomic E-state index is 0.0155. The molecule has 0 radical (unpaired) electrons. The predicted molar refractivity (Wildman–Crippen MR) is 117 cm³/mol. The summed E-state index contributed by atoms with van der Waals surface area (Å²) in [5.74, 6) is 0.198. The topological polar surface area (TPSA) is 68.4 Å². The molecule has 2 amide bonds. The zero-order valence-corrected chi connectivity index (χ0v) is 17.7. The molecule has 3 heterocycles. The highest BCUT2D eigenvalue weighted by atomic mass is 16.5. The first-order valence-electron chi connectivity index (χ1n) is 11.1. The molecule has 4 rings (SSSR count). The Balaban J connectivity index is 1.16. The number of hydrogen-bond donors (Lipinski definition) is 1. The Hall–Kier alpha value is -2.16. The minimum Gasteiger partial charge on any atom is -0.378 e. The van der Waals surface area contributed by atoms with E-state index in [0.717, 1.165) is 45.0 Å². The van der Waals surface area contributed by atoms with Crippen molar-refractivity contribution in [2.24, 2.45) is 0 Å². The highest BCUT2D eigenvalue weighted by Gasteiger charge is 2.23. The van der Waals surface area contributed by atoms with Gasteiger partial charge in [-0.15, -0.1) is 0 Å². The molecule has 0 atom stereocenters. The average Bonchev–Trinajstić information content (AvgIpc) is 3.31. The molecule has 0 aliphatic carbocycles. The first-order valence-corrected chi connectivity index (χ1v) is 11.1. The van der Waals surface area contributed by atoms with Crippen molar-refractivity contribution in [1.29, 1.82) is 0 Å². The van der Waals surface area contributed by atoms with Gasteiger partial charge in [-0.05, 0) is 37.1 Å². The van der Waals surface area contributed by atoms with Crippen LogP contribution < -0.4 is 10.2 Å². The molecule has 0 saturated carbocycles. The lowest BCUT2D eigenvalue weighted by Gasteiger charge is -2.35. The van der Waals surface area contributed by atoms with Gasteiger partial charge in [-0.25, -0.2) is 0 Å². The summed E-state index contributed by atoms with van der Waals surface area (Å²) in [6.45, 7) is 8.98. The summed E-state index contributed by atoms with van der Waals surface area (Å²) < 4.78 is 5.31. The lowest BCUT2D eigenvalue weighted by atomic mass is 10.2. The predicted octanol–water partition coefficient (Wildman–Crippen LogP) is 0.702. The van der Waals surface area contributed by atoms with Gasteiger partial charge in [-0.1, -0.05) is 0 Å². The number of carbonyl (C=O) groups is 2. The van der Waals surface area contributed by atoms with Crippen molar-refractivity contribution in [3.63, 3.8) is 0 Å². The third kappa shape index (κ3) is 5.71. The fourth-order valence-electron chi connectivity index (χ4n) is 4.34. The van der Waals surface area contributed by atoms with Crippen LogP contribution in [0.4, 0.5) is 11.4 Å². The van der Waals surface area contributed by atoms with Crippen LogP contribution >= 0.6 is 0 Å². The Morgan fingerprint density at radius 3 is 2.03 bits per heavy atom. The minimum atomic E-state index is 0.0155. The largest absolute Gasteiger partial charge is 0.378 e. The molecule has 30 heavy (non-hydrogen) atoms. The second-order valence-electron chi connectivity index (χ2n) is 8.33. The van der Waals surface area contributed by atoms with Gasteiger partial charge in [-0.3, -0.25) is 19.4 Å². The maximum atomic E-state index is 12.4. The van der Waals surface area contributed by atoms with E-state index in [1.807, 2.05) is 17.0 Å². The van der Waals surface area contributed by atoms with Crippen molar-refractivity contribution in [1.82, 2.24) is 14.7 Å². The van der Waals surface area contributed by atoms with Crippen molar-refractivity contribution < 1.29 is 14.3 Å². The number of anilines is 2. The summed E-state index contributed by atoms with van der Waals surface area (Å²) in [7, 11) is 0. The van der Waals surface area contributed by atoms with E-state index in [2.05, 4.69) is 32.1 Å². The van der Waals surface area contributed by atoms with Gasteiger partial charge in [0.15, 0.2) is 0 Å². The fraction of sp³-hybridized carbons (Fsp3) is 0.636. The van der Waals surface area contributed by atoms with E-state index in [0.29, 0.717) is 39.4 Å². The van der Waals surface area contributed by atoms with Crippen molar-refractivity contribution >= 4 is 23.2 Å². The molecule has 0 unspecified atom stereocenters. The molecule has 164 valence electrons. The maximum Gasteiger partial charge on any atom is 0.238 e. The van der Waals surface area contributed by atoms with Crippen LogP contribution in [0.5, 0.6) is 0 Å². The number of ether oxygens (including phenoxy) is 1. The summed E-state index contributed by atoms with van der Waals surface area (Å²) in [5.41, 5.74) is 2.07. The van der Waals surface area contributed by atoms with Gasteiger partial charge in [-0.2, -0.15) is 0 Å². The number of piperazine rings is 1. The van der Waals surface area contributed by atoms with Gasteiger partial charge in [0, 0.05) is 63.7 Å². The molecule has 0 aromatic heterocycles. The third-order valence-corrected chi connectivity index (χ3v) is 6.18. The van der Waals surface area contributed by atoms with Crippen molar-refractivity contribution in [2.45, 2.75) is 12.8 Å². The fourth-order valence-corrected chi connectivity index (χ4v) is 4.34. The SMILES string of the molecule is O=C(CN1CCN(CC(=O)N2CCOCC2)CC1)Nc1ccc(N2CCCC2)cc1. The Morgan fingerprint density at radius 1 is 0.800 bits per heavy atom. The van der Waals surface area contributed by atoms with Crippen LogP contribution in [0.2, 0.25) is 0 Å². The quantitative estimate of drug-likeness (QED) is 0.738. The first-order chi connectivity index (χ1) is 14.7. The number of benzene rings is 1. The van der Waals surface area contributed by atoms with E-state index in [4.69, 9.17) is 4.74 Å². The van der Waals surface area contributed by atoms with E-state index in [1.165, 1.54) is 18.5 Å². The molecular weight excluding hydrogens is 382 g/mol. The number of morpholine rings is 1. The van der Waals surface area contributed by atoms with E-state index in [-0.39, 0.29) is 11.8 Å². The van der Waals surface area contributed by atoms with Crippen LogP contribution in [0.1, 0.15) is 12.8 Å². The van der Waals surface area contributed by atoms with Crippen LogP contribution in [0.3, 0.4) is 0 Å². The van der Waals surface area contributed by atoms with Crippen molar-refractivity contribution in [3.8, 4) is 0 Å². The molecule has 8 heteroatoms. The highest BCUT2D eigenvalue weighted by Crippen LogP contribution is 2.22. The Kier molecular flexibility index (Phi) is 7.20. The van der Waals surface area contributed by atoms with Crippen LogP contribution in [0, 0.1) is 0 Å². The van der Waals surface area contributed by atoms with Gasteiger partial charge in [0.1, 0.15) is 0 Å². The van der Waals surface area contributed by atoms with Gasteiger partial charge in [0.25, 0.3) is 0 Å². The molecule has 0 bridgehead atoms. The normalized spacial score (nSPS) is 21.1. The number of amides is 2. The molecule has 1 N–H and O–H groups in total. The van der Waals surface area contributed by atoms with E-state index < -0.39 is 0 Å². The molecule has 8 nitrogen and oxygen atoms in total.